The molecule has 0 spiro atoms. The zero-order chi connectivity index (χ0) is 22.8. The largest absolute Gasteiger partial charge is 0.507 e. The van der Waals surface area contributed by atoms with Crippen molar-refractivity contribution in [2.75, 3.05) is 25.5 Å². The number of hydrogen-bond acceptors (Lipinski definition) is 6. The maximum Gasteiger partial charge on any atom is 0.258 e. The van der Waals surface area contributed by atoms with E-state index in [0.29, 0.717) is 31.3 Å². The number of phenolic OH excluding ortho intramolecular Hbond substituents is 1. The molecule has 1 amide bonds. The zero-order valence-corrected chi connectivity index (χ0v) is 19.0. The Kier molecular flexibility index (Phi) is 6.09. The van der Waals surface area contributed by atoms with Gasteiger partial charge >= 0.3 is 0 Å². The van der Waals surface area contributed by atoms with Crippen LogP contribution in [0.3, 0.4) is 0 Å². The first-order chi connectivity index (χ1) is 16.1. The van der Waals surface area contributed by atoms with Gasteiger partial charge in [0.15, 0.2) is 5.82 Å². The van der Waals surface area contributed by atoms with E-state index in [9.17, 15) is 9.90 Å². The maximum absolute atomic E-state index is 13.4. The summed E-state index contributed by atoms with van der Waals surface area (Å²) in [5, 5.41) is 25.4. The molecule has 1 aliphatic carbocycles. The van der Waals surface area contributed by atoms with Crippen LogP contribution < -0.4 is 15.4 Å². The van der Waals surface area contributed by atoms with Gasteiger partial charge in [-0.3, -0.25) is 9.89 Å². The lowest BCUT2D eigenvalue weighted by Crippen LogP contribution is -2.25. The Balaban J connectivity index is 1.34. The molecule has 2 aliphatic rings. The highest BCUT2D eigenvalue weighted by molar-refractivity contribution is 6.03. The monoisotopic (exact) mass is 449 g/mol. The van der Waals surface area contributed by atoms with Gasteiger partial charge in [-0.15, -0.1) is 0 Å². The van der Waals surface area contributed by atoms with Crippen molar-refractivity contribution in [1.82, 2.24) is 20.4 Å². The van der Waals surface area contributed by atoms with Crippen LogP contribution in [-0.4, -0.2) is 52.4 Å². The van der Waals surface area contributed by atoms with Crippen molar-refractivity contribution in [3.05, 3.63) is 47.0 Å². The number of aromatic nitrogens is 2. The lowest BCUT2D eigenvalue weighted by Gasteiger charge is -2.22. The van der Waals surface area contributed by atoms with Crippen LogP contribution in [0, 0.1) is 0 Å². The van der Waals surface area contributed by atoms with E-state index >= 15 is 0 Å². The van der Waals surface area contributed by atoms with Gasteiger partial charge in [0.05, 0.1) is 11.1 Å². The second-order valence-corrected chi connectivity index (χ2v) is 9.01. The number of carbonyl (C=O) groups excluding carboxylic acids is 1. The van der Waals surface area contributed by atoms with Crippen molar-refractivity contribution in [2.45, 2.75) is 51.2 Å². The van der Waals surface area contributed by atoms with E-state index < -0.39 is 0 Å². The number of nitrogens with zero attached hydrogens (tertiary/aromatic N) is 2. The summed E-state index contributed by atoms with van der Waals surface area (Å²) >= 11 is 0. The van der Waals surface area contributed by atoms with Crippen LogP contribution in [0.1, 0.15) is 53.6 Å². The molecule has 174 valence electrons. The fraction of sp³-hybridized carbons (Fsp3) is 0.440. The predicted octanol–water partition coefficient (Wildman–Crippen LogP) is 3.77. The van der Waals surface area contributed by atoms with Gasteiger partial charge in [0.2, 0.25) is 0 Å². The first kappa shape index (κ1) is 21.6. The zero-order valence-electron chi connectivity index (χ0n) is 19.0. The fourth-order valence-electron chi connectivity index (χ4n) is 4.82. The normalized spacial score (nSPS) is 16.2. The van der Waals surface area contributed by atoms with Gasteiger partial charge < -0.3 is 25.4 Å². The third-order valence-corrected chi connectivity index (χ3v) is 6.66. The molecule has 0 bridgehead atoms. The van der Waals surface area contributed by atoms with Crippen molar-refractivity contribution < 1.29 is 14.6 Å². The van der Waals surface area contributed by atoms with E-state index in [1.807, 2.05) is 25.2 Å². The molecule has 3 aromatic rings. The van der Waals surface area contributed by atoms with E-state index in [2.05, 4.69) is 20.8 Å². The van der Waals surface area contributed by atoms with Gasteiger partial charge in [0.1, 0.15) is 18.1 Å². The number of carbonyl (C=O) groups is 1. The fourth-order valence-corrected chi connectivity index (χ4v) is 4.82. The Morgan fingerprint density at radius 1 is 1.18 bits per heavy atom. The smallest absolute Gasteiger partial charge is 0.258 e. The lowest BCUT2D eigenvalue weighted by atomic mass is 9.95. The molecule has 1 saturated carbocycles. The van der Waals surface area contributed by atoms with Crippen LogP contribution in [0.15, 0.2) is 30.3 Å². The minimum Gasteiger partial charge on any atom is -0.507 e. The summed E-state index contributed by atoms with van der Waals surface area (Å²) < 4.78 is 5.76. The molecule has 0 atom stereocenters. The number of hydrogen-bond donors (Lipinski definition) is 4. The number of ether oxygens (including phenoxy) is 1. The molecule has 1 aliphatic heterocycles. The minimum atomic E-state index is -0.187. The molecule has 0 unspecified atom stereocenters. The van der Waals surface area contributed by atoms with Crippen molar-refractivity contribution in [2.24, 2.45) is 0 Å². The van der Waals surface area contributed by atoms with Crippen molar-refractivity contribution >= 4 is 22.6 Å². The summed E-state index contributed by atoms with van der Waals surface area (Å²) in [6, 6.07) is 9.72. The Morgan fingerprint density at radius 3 is 2.82 bits per heavy atom. The van der Waals surface area contributed by atoms with Crippen molar-refractivity contribution in [3.8, 4) is 11.5 Å². The summed E-state index contributed by atoms with van der Waals surface area (Å²) in [4.78, 5) is 15.1. The number of aromatic amines is 1. The standard InChI is InChI=1S/C25H31N5O3/c1-26-9-10-33-19-8-7-16-14-30(15-17(16)11-19)25(32)21-12-20-22(13-23(21)31)28-29-24(20)27-18-5-3-2-4-6-18/h7-8,11-13,18,26,31H,2-6,9-10,14-15H2,1H3,(H2,27,28,29). The Hall–Kier alpha value is -3.26. The van der Waals surface area contributed by atoms with Crippen LogP contribution in [0.2, 0.25) is 0 Å². The van der Waals surface area contributed by atoms with Crippen LogP contribution in [0.5, 0.6) is 11.5 Å². The first-order valence-electron chi connectivity index (χ1n) is 11.8. The number of benzene rings is 2. The average molecular weight is 450 g/mol. The number of H-pyrrole nitrogens is 1. The number of amides is 1. The highest BCUT2D eigenvalue weighted by Crippen LogP contribution is 2.33. The number of likely N-dealkylation sites (N-methyl/N-ethyl adjacent to an activating group) is 1. The van der Waals surface area contributed by atoms with Crippen LogP contribution >= 0.6 is 0 Å². The van der Waals surface area contributed by atoms with Crippen molar-refractivity contribution in [1.29, 1.82) is 0 Å². The van der Waals surface area contributed by atoms with Crippen LogP contribution in [0.25, 0.3) is 10.9 Å². The van der Waals surface area contributed by atoms with E-state index in [4.69, 9.17) is 4.74 Å². The number of phenols is 1. The molecule has 33 heavy (non-hydrogen) atoms. The SMILES string of the molecule is CNCCOc1ccc2c(c1)CN(C(=O)c1cc3c(NC4CCCCC4)n[nH]c3cc1O)C2. The molecule has 0 radical (unpaired) electrons. The maximum atomic E-state index is 13.4. The number of aromatic hydroxyl groups is 1. The van der Waals surface area contributed by atoms with Crippen LogP contribution in [0.4, 0.5) is 5.82 Å². The topological polar surface area (TPSA) is 103 Å². The molecule has 0 saturated heterocycles. The molecular weight excluding hydrogens is 418 g/mol. The summed E-state index contributed by atoms with van der Waals surface area (Å²) in [5.41, 5.74) is 3.20. The average Bonchev–Trinajstić information content (AvgIpc) is 3.42. The molecule has 1 aromatic heterocycles. The van der Waals surface area contributed by atoms with Gasteiger partial charge in [0, 0.05) is 37.1 Å². The second kappa shape index (κ2) is 9.31. The third kappa shape index (κ3) is 4.48. The number of nitrogens with one attached hydrogen (secondary N) is 3. The van der Waals surface area contributed by atoms with Crippen molar-refractivity contribution in [3.63, 3.8) is 0 Å². The van der Waals surface area contributed by atoms with Gasteiger partial charge in [-0.2, -0.15) is 5.10 Å². The highest BCUT2D eigenvalue weighted by atomic mass is 16.5. The van der Waals surface area contributed by atoms with E-state index in [1.54, 1.807) is 17.0 Å². The molecule has 8 heteroatoms. The van der Waals surface area contributed by atoms with Crippen LogP contribution in [-0.2, 0) is 13.1 Å². The van der Waals surface area contributed by atoms with E-state index in [0.717, 1.165) is 53.0 Å². The molecule has 2 heterocycles. The van der Waals surface area contributed by atoms with Gasteiger partial charge in [0.25, 0.3) is 5.91 Å². The van der Waals surface area contributed by atoms with Gasteiger partial charge in [-0.25, -0.2) is 0 Å². The van der Waals surface area contributed by atoms with Gasteiger partial charge in [-0.05, 0) is 49.2 Å². The molecule has 5 rings (SSSR count). The Labute approximate surface area is 193 Å². The molecule has 2 aromatic carbocycles. The highest BCUT2D eigenvalue weighted by Gasteiger charge is 2.27. The number of anilines is 1. The van der Waals surface area contributed by atoms with E-state index in [-0.39, 0.29) is 11.7 Å². The summed E-state index contributed by atoms with van der Waals surface area (Å²) in [7, 11) is 1.89. The molecule has 4 N–H and O–H groups in total. The lowest BCUT2D eigenvalue weighted by molar-refractivity contribution is 0.0748. The number of fused-ring (bicyclic) bond motifs is 2. The Bertz CT molecular complexity index is 1150. The summed E-state index contributed by atoms with van der Waals surface area (Å²) in [6.45, 7) is 2.37. The molecule has 8 nitrogen and oxygen atoms in total. The predicted molar refractivity (Wildman–Crippen MR) is 128 cm³/mol. The summed E-state index contributed by atoms with van der Waals surface area (Å²) in [5.74, 6) is 1.33. The molecular formula is C25H31N5O3. The van der Waals surface area contributed by atoms with Gasteiger partial charge in [-0.1, -0.05) is 25.3 Å². The van der Waals surface area contributed by atoms with E-state index in [1.165, 1.54) is 19.3 Å². The summed E-state index contributed by atoms with van der Waals surface area (Å²) in [6.07, 6.45) is 5.99. The molecule has 1 fully saturated rings. The minimum absolute atomic E-state index is 0.0348. The first-order valence-corrected chi connectivity index (χ1v) is 11.8. The third-order valence-electron chi connectivity index (χ3n) is 6.66. The Morgan fingerprint density at radius 2 is 2.00 bits per heavy atom. The number of rotatable bonds is 7. The second-order valence-electron chi connectivity index (χ2n) is 9.01. The quantitative estimate of drug-likeness (QED) is 0.410.